The van der Waals surface area contributed by atoms with E-state index >= 15 is 0 Å². The van der Waals surface area contributed by atoms with Crippen LogP contribution < -0.4 is 4.90 Å². The Kier molecular flexibility index (Phi) is 4.47. The van der Waals surface area contributed by atoms with Gasteiger partial charge in [0.1, 0.15) is 5.82 Å². The summed E-state index contributed by atoms with van der Waals surface area (Å²) >= 11 is 0. The van der Waals surface area contributed by atoms with Gasteiger partial charge >= 0.3 is 0 Å². The van der Waals surface area contributed by atoms with E-state index in [0.717, 1.165) is 18.9 Å². The average Bonchev–Trinajstić information content (AvgIpc) is 3.50. The Balaban J connectivity index is 1.50. The fraction of sp³-hybridized carbons (Fsp3) is 0.421. The lowest BCUT2D eigenvalue weighted by Gasteiger charge is -2.33. The zero-order valence-electron chi connectivity index (χ0n) is 16.3. The number of sulfonamides is 1. The lowest BCUT2D eigenvalue weighted by molar-refractivity contribution is 0.386. The molecule has 30 heavy (non-hydrogen) atoms. The number of imidazole rings is 1. The first-order valence-electron chi connectivity index (χ1n) is 9.71. The third-order valence-corrected chi connectivity index (χ3v) is 6.88. The monoisotopic (exact) mass is 434 g/mol. The molecule has 8 nitrogen and oxygen atoms in total. The van der Waals surface area contributed by atoms with Crippen LogP contribution in [0.25, 0.3) is 22.4 Å². The summed E-state index contributed by atoms with van der Waals surface area (Å²) in [6, 6.07) is 4.35. The molecule has 11 heteroatoms. The van der Waals surface area contributed by atoms with Crippen molar-refractivity contribution in [2.75, 3.05) is 37.3 Å². The molecule has 0 unspecified atom stereocenters. The molecular weight excluding hydrogens is 414 g/mol. The van der Waals surface area contributed by atoms with E-state index in [-0.39, 0.29) is 6.04 Å². The second-order valence-electron chi connectivity index (χ2n) is 7.74. The van der Waals surface area contributed by atoms with Crippen LogP contribution in [0.4, 0.5) is 14.6 Å². The molecule has 158 valence electrons. The molecule has 3 heterocycles. The highest BCUT2D eigenvalue weighted by Gasteiger charge is 2.30. The lowest BCUT2D eigenvalue weighted by atomic mass is 10.2. The van der Waals surface area contributed by atoms with E-state index in [0.29, 0.717) is 54.4 Å². The number of rotatable bonds is 4. The van der Waals surface area contributed by atoms with Gasteiger partial charge in [-0.3, -0.25) is 0 Å². The minimum atomic E-state index is -3.22. The molecule has 1 aromatic carbocycles. The molecule has 5 rings (SSSR count). The van der Waals surface area contributed by atoms with Gasteiger partial charge in [0.25, 0.3) is 0 Å². The second kappa shape index (κ2) is 6.95. The summed E-state index contributed by atoms with van der Waals surface area (Å²) in [4.78, 5) is 6.53. The summed E-state index contributed by atoms with van der Waals surface area (Å²) in [5.74, 6) is -0.601. The minimum Gasteiger partial charge on any atom is -0.352 e. The van der Waals surface area contributed by atoms with Gasteiger partial charge in [0.15, 0.2) is 17.5 Å². The van der Waals surface area contributed by atoms with Gasteiger partial charge in [-0.2, -0.15) is 9.40 Å². The normalized spacial score (nSPS) is 18.3. The Morgan fingerprint density at radius 3 is 2.40 bits per heavy atom. The fourth-order valence-electron chi connectivity index (χ4n) is 3.88. The largest absolute Gasteiger partial charge is 0.352 e. The van der Waals surface area contributed by atoms with Crippen LogP contribution in [0.5, 0.6) is 0 Å². The molecular formula is C19H20F2N6O2S. The summed E-state index contributed by atoms with van der Waals surface area (Å²) in [6.07, 6.45) is 4.70. The molecule has 0 spiro atoms. The Bertz CT molecular complexity index is 1230. The number of anilines is 1. The van der Waals surface area contributed by atoms with Crippen molar-refractivity contribution in [3.8, 4) is 11.4 Å². The molecule has 1 aliphatic heterocycles. The van der Waals surface area contributed by atoms with Gasteiger partial charge in [0, 0.05) is 49.9 Å². The van der Waals surface area contributed by atoms with E-state index in [1.165, 1.54) is 16.6 Å². The van der Waals surface area contributed by atoms with Crippen LogP contribution in [0.15, 0.2) is 24.4 Å². The van der Waals surface area contributed by atoms with Crippen molar-refractivity contribution in [1.82, 2.24) is 24.1 Å². The topological polar surface area (TPSA) is 84.2 Å². The van der Waals surface area contributed by atoms with Gasteiger partial charge in [0.05, 0.1) is 23.5 Å². The van der Waals surface area contributed by atoms with Crippen molar-refractivity contribution >= 4 is 26.9 Å². The molecule has 0 bridgehead atoms. The number of nitrogens with zero attached hydrogens (tertiary/aromatic N) is 6. The van der Waals surface area contributed by atoms with Gasteiger partial charge in [-0.15, -0.1) is 5.10 Å². The van der Waals surface area contributed by atoms with Crippen LogP contribution in [-0.4, -0.2) is 64.9 Å². The SMILES string of the molecule is CS(=O)(=O)N1CCN(c2cc(-c3nc4cc(F)c(F)cc4n3C3CC3)cnn2)CC1. The van der Waals surface area contributed by atoms with Crippen LogP contribution >= 0.6 is 0 Å². The molecule has 1 saturated heterocycles. The number of halogens is 2. The zero-order valence-corrected chi connectivity index (χ0v) is 17.1. The van der Waals surface area contributed by atoms with Gasteiger partial charge in [-0.25, -0.2) is 22.2 Å². The van der Waals surface area contributed by atoms with Crippen LogP contribution in [-0.2, 0) is 10.0 Å². The molecule has 0 atom stereocenters. The maximum atomic E-state index is 13.9. The highest BCUT2D eigenvalue weighted by molar-refractivity contribution is 7.88. The molecule has 0 amide bonds. The number of benzene rings is 1. The van der Waals surface area contributed by atoms with E-state index in [2.05, 4.69) is 15.2 Å². The number of aromatic nitrogens is 4. The van der Waals surface area contributed by atoms with E-state index in [4.69, 9.17) is 0 Å². The third-order valence-electron chi connectivity index (χ3n) is 5.58. The molecule has 2 fully saturated rings. The number of hydrogen-bond donors (Lipinski definition) is 0. The number of piperazine rings is 1. The smallest absolute Gasteiger partial charge is 0.211 e. The Hall–Kier alpha value is -2.66. The standard InChI is InChI=1S/C19H20F2N6O2S/c1-30(28,29)26-6-4-25(5-7-26)18-8-12(11-22-24-18)19-23-16-9-14(20)15(21)10-17(16)27(19)13-2-3-13/h8-11,13H,2-7H2,1H3. The van der Waals surface area contributed by atoms with Gasteiger partial charge < -0.3 is 9.47 Å². The molecule has 0 N–H and O–H groups in total. The molecule has 3 aromatic rings. The zero-order chi connectivity index (χ0) is 21.0. The highest BCUT2D eigenvalue weighted by Crippen LogP contribution is 2.41. The second-order valence-corrected chi connectivity index (χ2v) is 9.73. The first-order chi connectivity index (χ1) is 14.3. The van der Waals surface area contributed by atoms with Crippen molar-refractivity contribution < 1.29 is 17.2 Å². The Morgan fingerprint density at radius 2 is 1.73 bits per heavy atom. The number of fused-ring (bicyclic) bond motifs is 1. The van der Waals surface area contributed by atoms with E-state index in [9.17, 15) is 17.2 Å². The quantitative estimate of drug-likeness (QED) is 0.626. The number of hydrogen-bond acceptors (Lipinski definition) is 6. The van der Waals surface area contributed by atoms with Gasteiger partial charge in [-0.1, -0.05) is 0 Å². The molecule has 2 aliphatic rings. The minimum absolute atomic E-state index is 0.199. The van der Waals surface area contributed by atoms with Crippen molar-refractivity contribution in [3.63, 3.8) is 0 Å². The summed E-state index contributed by atoms with van der Waals surface area (Å²) in [5, 5.41) is 8.30. The maximum absolute atomic E-state index is 13.9. The van der Waals surface area contributed by atoms with Crippen LogP contribution in [0, 0.1) is 11.6 Å². The molecule has 1 aliphatic carbocycles. The average molecular weight is 434 g/mol. The van der Waals surface area contributed by atoms with Crippen molar-refractivity contribution in [3.05, 3.63) is 36.0 Å². The Morgan fingerprint density at radius 1 is 1.03 bits per heavy atom. The lowest BCUT2D eigenvalue weighted by Crippen LogP contribution is -2.48. The predicted molar refractivity (Wildman–Crippen MR) is 108 cm³/mol. The third kappa shape index (κ3) is 3.41. The predicted octanol–water partition coefficient (Wildman–Crippen LogP) is 2.19. The van der Waals surface area contributed by atoms with Crippen LogP contribution in [0.3, 0.4) is 0 Å². The highest BCUT2D eigenvalue weighted by atomic mass is 32.2. The first-order valence-corrected chi connectivity index (χ1v) is 11.6. The molecule has 1 saturated carbocycles. The fourth-order valence-corrected chi connectivity index (χ4v) is 4.70. The Labute approximate surface area is 172 Å². The van der Waals surface area contributed by atoms with E-state index in [1.807, 2.05) is 15.5 Å². The van der Waals surface area contributed by atoms with E-state index < -0.39 is 21.7 Å². The molecule has 0 radical (unpaired) electrons. The summed E-state index contributed by atoms with van der Waals surface area (Å²) in [5.41, 5.74) is 1.66. The van der Waals surface area contributed by atoms with Crippen molar-refractivity contribution in [2.24, 2.45) is 0 Å². The van der Waals surface area contributed by atoms with Gasteiger partial charge in [-0.05, 0) is 18.9 Å². The van der Waals surface area contributed by atoms with Crippen LogP contribution in [0.1, 0.15) is 18.9 Å². The van der Waals surface area contributed by atoms with E-state index in [1.54, 1.807) is 6.20 Å². The summed E-state index contributed by atoms with van der Waals surface area (Å²) in [7, 11) is -3.22. The van der Waals surface area contributed by atoms with Gasteiger partial charge in [0.2, 0.25) is 10.0 Å². The summed E-state index contributed by atoms with van der Waals surface area (Å²) < 4.78 is 54.4. The van der Waals surface area contributed by atoms with Crippen LogP contribution in [0.2, 0.25) is 0 Å². The van der Waals surface area contributed by atoms with Crippen molar-refractivity contribution in [1.29, 1.82) is 0 Å². The summed E-state index contributed by atoms with van der Waals surface area (Å²) in [6.45, 7) is 1.76. The van der Waals surface area contributed by atoms with Crippen molar-refractivity contribution in [2.45, 2.75) is 18.9 Å². The maximum Gasteiger partial charge on any atom is 0.211 e. The molecule has 2 aromatic heterocycles. The first kappa shape index (κ1) is 19.3.